The quantitative estimate of drug-likeness (QED) is 0.113. The van der Waals surface area contributed by atoms with Gasteiger partial charge in [-0.15, -0.1) is 0 Å². The van der Waals surface area contributed by atoms with E-state index in [9.17, 15) is 14.7 Å². The third-order valence-electron chi connectivity index (χ3n) is 7.21. The van der Waals surface area contributed by atoms with E-state index in [1.54, 1.807) is 60.7 Å². The number of para-hydroxylation sites is 1. The van der Waals surface area contributed by atoms with E-state index in [1.165, 1.54) is 23.3 Å². The highest BCUT2D eigenvalue weighted by atomic mass is 32.1. The van der Waals surface area contributed by atoms with Crippen molar-refractivity contribution in [1.82, 2.24) is 4.98 Å². The van der Waals surface area contributed by atoms with Gasteiger partial charge in [0.25, 0.3) is 5.91 Å². The Morgan fingerprint density at radius 1 is 1.04 bits per heavy atom. The summed E-state index contributed by atoms with van der Waals surface area (Å²) in [5, 5.41) is 12.3. The number of nitrogens with zero attached hydrogens (tertiary/aromatic N) is 2. The first-order chi connectivity index (χ1) is 21.9. The summed E-state index contributed by atoms with van der Waals surface area (Å²) in [5.74, 6) is -0.205. The molecular weight excluding hydrogens is 596 g/mol. The molecule has 1 atom stereocenters. The van der Waals surface area contributed by atoms with Gasteiger partial charge in [-0.25, -0.2) is 4.98 Å². The maximum atomic E-state index is 14.2. The molecule has 0 fully saturated rings. The number of ether oxygens (including phenoxy) is 4. The average molecular weight is 627 g/mol. The maximum Gasteiger partial charge on any atom is 0.296 e. The molecule has 10 nitrogen and oxygen atoms in total. The summed E-state index contributed by atoms with van der Waals surface area (Å²) < 4.78 is 29.4. The minimum absolute atomic E-state index is 0.0580. The van der Waals surface area contributed by atoms with Crippen molar-refractivity contribution < 1.29 is 38.1 Å². The molecule has 0 aliphatic carbocycles. The molecule has 0 radical (unpaired) electrons. The van der Waals surface area contributed by atoms with Crippen LogP contribution in [0.15, 0.2) is 89.1 Å². The van der Waals surface area contributed by atoms with Gasteiger partial charge in [0.15, 0.2) is 39.5 Å². The summed E-state index contributed by atoms with van der Waals surface area (Å²) in [4.78, 5) is 34.1. The van der Waals surface area contributed by atoms with E-state index in [1.807, 2.05) is 19.9 Å². The molecule has 230 valence electrons. The van der Waals surface area contributed by atoms with Crippen molar-refractivity contribution >= 4 is 49.3 Å². The van der Waals surface area contributed by atoms with Gasteiger partial charge in [0.1, 0.15) is 12.4 Å². The van der Waals surface area contributed by atoms with Gasteiger partial charge in [0.05, 0.1) is 42.2 Å². The van der Waals surface area contributed by atoms with Gasteiger partial charge in [-0.2, -0.15) is 0 Å². The molecule has 0 spiro atoms. The van der Waals surface area contributed by atoms with Gasteiger partial charge in [0, 0.05) is 5.39 Å². The van der Waals surface area contributed by atoms with Crippen molar-refractivity contribution in [2.24, 2.45) is 0 Å². The van der Waals surface area contributed by atoms with E-state index >= 15 is 0 Å². The van der Waals surface area contributed by atoms with Crippen LogP contribution in [0.1, 0.15) is 36.0 Å². The Morgan fingerprint density at radius 3 is 2.62 bits per heavy atom. The number of methoxy groups -OCH3 is 1. The van der Waals surface area contributed by atoms with Crippen molar-refractivity contribution in [2.45, 2.75) is 19.9 Å². The number of benzene rings is 3. The zero-order chi connectivity index (χ0) is 31.7. The summed E-state index contributed by atoms with van der Waals surface area (Å²) in [6.45, 7) is 8.52. The summed E-state index contributed by atoms with van der Waals surface area (Å²) in [5.41, 5.74) is 1.35. The predicted octanol–water partition coefficient (Wildman–Crippen LogP) is 7.20. The number of thiazole rings is 1. The number of aromatic nitrogens is 1. The molecule has 3 aromatic carbocycles. The SMILES string of the molecule is C=CCOc1ccc(C2C(C(=O)c3cc4cccc(OC)c4o3)=C(O)C(=O)N2c2nc3ccc(OCC)cc3s2)cc1OCC. The number of rotatable bonds is 12. The van der Waals surface area contributed by atoms with Crippen LogP contribution < -0.4 is 23.8 Å². The number of amides is 1. The molecule has 2 aromatic heterocycles. The fourth-order valence-electron chi connectivity index (χ4n) is 5.27. The van der Waals surface area contributed by atoms with Crippen LogP contribution in [0.25, 0.3) is 21.2 Å². The van der Waals surface area contributed by atoms with Crippen LogP contribution in [0, 0.1) is 0 Å². The van der Waals surface area contributed by atoms with Crippen molar-refractivity contribution in [1.29, 1.82) is 0 Å². The zero-order valence-corrected chi connectivity index (χ0v) is 25.7. The molecule has 45 heavy (non-hydrogen) atoms. The largest absolute Gasteiger partial charge is 0.503 e. The van der Waals surface area contributed by atoms with Gasteiger partial charge in [-0.1, -0.05) is 42.2 Å². The number of aliphatic hydroxyl groups is 1. The Balaban J connectivity index is 1.50. The van der Waals surface area contributed by atoms with Crippen molar-refractivity contribution in [3.63, 3.8) is 0 Å². The second-order valence-electron chi connectivity index (χ2n) is 9.96. The van der Waals surface area contributed by atoms with E-state index in [-0.39, 0.29) is 17.9 Å². The summed E-state index contributed by atoms with van der Waals surface area (Å²) in [7, 11) is 1.50. The van der Waals surface area contributed by atoms with Crippen LogP contribution in [0.4, 0.5) is 5.13 Å². The number of anilines is 1. The van der Waals surface area contributed by atoms with Crippen molar-refractivity contribution in [3.8, 4) is 23.0 Å². The number of fused-ring (bicyclic) bond motifs is 2. The third-order valence-corrected chi connectivity index (χ3v) is 8.23. The summed E-state index contributed by atoms with van der Waals surface area (Å²) >= 11 is 1.24. The predicted molar refractivity (Wildman–Crippen MR) is 171 cm³/mol. The molecule has 1 aliphatic heterocycles. The van der Waals surface area contributed by atoms with Crippen LogP contribution in [0.2, 0.25) is 0 Å². The van der Waals surface area contributed by atoms with Gasteiger partial charge in [-0.3, -0.25) is 14.5 Å². The average Bonchev–Trinajstić information content (AvgIpc) is 3.74. The van der Waals surface area contributed by atoms with Crippen molar-refractivity contribution in [3.05, 3.63) is 96.0 Å². The summed E-state index contributed by atoms with van der Waals surface area (Å²) in [6, 6.07) is 16.3. The molecule has 1 unspecified atom stereocenters. The maximum absolute atomic E-state index is 14.2. The standard InChI is InChI=1S/C34H30N2O8S/c1-5-15-43-23-14-11-19(16-25(23)42-7-3)29-28(30(37)26-17-20-9-8-10-24(40-4)32(20)44-26)31(38)33(39)36(29)34-35-22-13-12-21(41-6-2)18-27(22)45-34/h5,8-14,16-18,29,38H,1,6-7,15H2,2-4H3. The first-order valence-electron chi connectivity index (χ1n) is 14.3. The molecule has 1 amide bonds. The Kier molecular flexibility index (Phi) is 8.18. The number of aliphatic hydroxyl groups excluding tert-OH is 1. The first-order valence-corrected chi connectivity index (χ1v) is 15.1. The number of furan rings is 1. The van der Waals surface area contributed by atoms with E-state index in [2.05, 4.69) is 6.58 Å². The lowest BCUT2D eigenvalue weighted by Crippen LogP contribution is -2.31. The molecule has 0 saturated carbocycles. The highest BCUT2D eigenvalue weighted by molar-refractivity contribution is 7.22. The van der Waals surface area contributed by atoms with Gasteiger partial charge in [-0.05, 0) is 61.9 Å². The summed E-state index contributed by atoms with van der Waals surface area (Å²) in [6.07, 6.45) is 1.62. The molecule has 0 bridgehead atoms. The molecule has 0 saturated heterocycles. The second-order valence-corrected chi connectivity index (χ2v) is 11.0. The smallest absolute Gasteiger partial charge is 0.296 e. The molecule has 1 N–H and O–H groups in total. The Hall–Kier alpha value is -5.29. The Bertz CT molecular complexity index is 1970. The third kappa shape index (κ3) is 5.35. The zero-order valence-electron chi connectivity index (χ0n) is 24.9. The molecule has 1 aliphatic rings. The molecule has 11 heteroatoms. The number of carbonyl (C=O) groups is 2. The van der Waals surface area contributed by atoms with Gasteiger partial charge in [0.2, 0.25) is 5.78 Å². The lowest BCUT2D eigenvalue weighted by atomic mass is 9.95. The number of carbonyl (C=O) groups excluding carboxylic acids is 2. The number of hydrogen-bond acceptors (Lipinski definition) is 10. The van der Waals surface area contributed by atoms with Crippen LogP contribution in [-0.4, -0.2) is 48.7 Å². The fraction of sp³-hybridized carbons (Fsp3) is 0.206. The van der Waals surface area contributed by atoms with Gasteiger partial charge >= 0.3 is 0 Å². The fourth-order valence-corrected chi connectivity index (χ4v) is 6.30. The minimum atomic E-state index is -1.07. The van der Waals surface area contributed by atoms with Crippen LogP contribution in [0.5, 0.6) is 23.0 Å². The van der Waals surface area contributed by atoms with Crippen LogP contribution in [-0.2, 0) is 4.79 Å². The highest BCUT2D eigenvalue weighted by Crippen LogP contribution is 2.46. The van der Waals surface area contributed by atoms with E-state index in [0.717, 1.165) is 4.70 Å². The molecular formula is C34H30N2O8S. The second kappa shape index (κ2) is 12.4. The topological polar surface area (TPSA) is 121 Å². The number of ketones is 1. The first kappa shape index (κ1) is 29.8. The van der Waals surface area contributed by atoms with Crippen molar-refractivity contribution in [2.75, 3.05) is 31.8 Å². The van der Waals surface area contributed by atoms with E-state index < -0.39 is 23.5 Å². The number of hydrogen-bond donors (Lipinski definition) is 1. The van der Waals surface area contributed by atoms with E-state index in [4.69, 9.17) is 28.3 Å². The lowest BCUT2D eigenvalue weighted by molar-refractivity contribution is -0.117. The van der Waals surface area contributed by atoms with Crippen LogP contribution in [0.3, 0.4) is 0 Å². The van der Waals surface area contributed by atoms with Gasteiger partial charge < -0.3 is 28.5 Å². The Morgan fingerprint density at radius 2 is 1.87 bits per heavy atom. The highest BCUT2D eigenvalue weighted by Gasteiger charge is 2.47. The normalized spacial score (nSPS) is 14.8. The molecule has 3 heterocycles. The Labute approximate surface area is 262 Å². The minimum Gasteiger partial charge on any atom is -0.503 e. The van der Waals surface area contributed by atoms with E-state index in [0.29, 0.717) is 63.4 Å². The molecule has 5 aromatic rings. The lowest BCUT2D eigenvalue weighted by Gasteiger charge is -2.25. The number of Topliss-reactive ketones (excluding diaryl/α,β-unsaturated/α-hetero) is 1. The molecule has 6 rings (SSSR count). The van der Waals surface area contributed by atoms with Crippen LogP contribution >= 0.6 is 11.3 Å². The monoisotopic (exact) mass is 626 g/mol.